The van der Waals surface area contributed by atoms with Crippen LogP contribution in [0.2, 0.25) is 0 Å². The number of carboxylic acid groups (broad SMARTS) is 1. The average molecular weight is 205 g/mol. The molecule has 80 valence electrons. The summed E-state index contributed by atoms with van der Waals surface area (Å²) in [6, 6.07) is 9.44. The highest BCUT2D eigenvalue weighted by molar-refractivity contribution is 5.78. The third-order valence-electron chi connectivity index (χ3n) is 2.88. The summed E-state index contributed by atoms with van der Waals surface area (Å²) in [4.78, 5) is 13.1. The second-order valence-electron chi connectivity index (χ2n) is 3.88. The fraction of sp³-hybridized carbons (Fsp3) is 0.417. The zero-order valence-electron chi connectivity index (χ0n) is 8.60. The number of rotatable bonds is 2. The molecule has 2 rings (SSSR count). The summed E-state index contributed by atoms with van der Waals surface area (Å²) in [6.07, 6.45) is 2.85. The SMILES string of the molecule is O=C(O)C1CCCCN1c1ccccc1. The molecule has 0 aliphatic carbocycles. The number of benzene rings is 1. The van der Waals surface area contributed by atoms with Crippen LogP contribution in [0.15, 0.2) is 30.3 Å². The number of para-hydroxylation sites is 1. The molecule has 0 spiro atoms. The van der Waals surface area contributed by atoms with Crippen LogP contribution in [0.1, 0.15) is 19.3 Å². The van der Waals surface area contributed by atoms with Crippen LogP contribution in [-0.2, 0) is 4.79 Å². The molecule has 1 aliphatic heterocycles. The molecule has 0 amide bonds. The van der Waals surface area contributed by atoms with Crippen LogP contribution in [0, 0.1) is 0 Å². The van der Waals surface area contributed by atoms with Gasteiger partial charge in [-0.3, -0.25) is 0 Å². The molecular formula is C12H15NO2. The number of carbonyl (C=O) groups is 1. The Bertz CT molecular complexity index is 337. The van der Waals surface area contributed by atoms with Crippen molar-refractivity contribution in [2.75, 3.05) is 11.4 Å². The zero-order chi connectivity index (χ0) is 10.7. The number of anilines is 1. The number of carboxylic acids is 1. The lowest BCUT2D eigenvalue weighted by molar-refractivity contribution is -0.139. The van der Waals surface area contributed by atoms with E-state index in [-0.39, 0.29) is 6.04 Å². The lowest BCUT2D eigenvalue weighted by Gasteiger charge is -2.34. The summed E-state index contributed by atoms with van der Waals surface area (Å²) in [5.41, 5.74) is 1.02. The fourth-order valence-electron chi connectivity index (χ4n) is 2.12. The van der Waals surface area contributed by atoms with Crippen molar-refractivity contribution in [2.45, 2.75) is 25.3 Å². The minimum atomic E-state index is -0.710. The standard InChI is InChI=1S/C12H15NO2/c14-12(15)11-8-4-5-9-13(11)10-6-2-1-3-7-10/h1-3,6-7,11H,4-5,8-9H2,(H,14,15). The quantitative estimate of drug-likeness (QED) is 0.804. The minimum absolute atomic E-state index is 0.346. The van der Waals surface area contributed by atoms with Crippen molar-refractivity contribution in [3.8, 4) is 0 Å². The Balaban J connectivity index is 2.22. The second kappa shape index (κ2) is 4.34. The molecule has 1 fully saturated rings. The summed E-state index contributed by atoms with van der Waals surface area (Å²) in [6.45, 7) is 0.848. The lowest BCUT2D eigenvalue weighted by atomic mass is 10.0. The van der Waals surface area contributed by atoms with E-state index in [1.165, 1.54) is 0 Å². The van der Waals surface area contributed by atoms with Crippen LogP contribution >= 0.6 is 0 Å². The van der Waals surface area contributed by atoms with Crippen molar-refractivity contribution in [1.29, 1.82) is 0 Å². The van der Waals surface area contributed by atoms with E-state index in [2.05, 4.69) is 0 Å². The van der Waals surface area contributed by atoms with Gasteiger partial charge in [-0.05, 0) is 31.4 Å². The maximum absolute atomic E-state index is 11.1. The number of hydrogen-bond donors (Lipinski definition) is 1. The van der Waals surface area contributed by atoms with Crippen LogP contribution in [0.25, 0.3) is 0 Å². The van der Waals surface area contributed by atoms with Gasteiger partial charge in [-0.15, -0.1) is 0 Å². The Labute approximate surface area is 89.3 Å². The molecule has 1 N–H and O–H groups in total. The highest BCUT2D eigenvalue weighted by atomic mass is 16.4. The van der Waals surface area contributed by atoms with Crippen LogP contribution < -0.4 is 4.90 Å². The summed E-state index contributed by atoms with van der Waals surface area (Å²) in [5.74, 6) is -0.710. The number of aliphatic carboxylic acids is 1. The molecule has 1 aromatic rings. The van der Waals surface area contributed by atoms with Crippen molar-refractivity contribution in [3.63, 3.8) is 0 Å². The zero-order valence-corrected chi connectivity index (χ0v) is 8.60. The Kier molecular flexibility index (Phi) is 2.90. The van der Waals surface area contributed by atoms with Crippen LogP contribution in [-0.4, -0.2) is 23.7 Å². The highest BCUT2D eigenvalue weighted by Gasteiger charge is 2.28. The van der Waals surface area contributed by atoms with E-state index in [9.17, 15) is 4.79 Å². The maximum atomic E-state index is 11.1. The van der Waals surface area contributed by atoms with E-state index >= 15 is 0 Å². The largest absolute Gasteiger partial charge is 0.480 e. The third kappa shape index (κ3) is 2.12. The van der Waals surface area contributed by atoms with E-state index in [1.54, 1.807) is 0 Å². The Hall–Kier alpha value is -1.51. The molecule has 1 heterocycles. The van der Waals surface area contributed by atoms with Gasteiger partial charge in [0.25, 0.3) is 0 Å². The molecule has 0 saturated carbocycles. The molecule has 1 aromatic carbocycles. The van der Waals surface area contributed by atoms with Crippen LogP contribution in [0.4, 0.5) is 5.69 Å². The molecule has 0 aromatic heterocycles. The van der Waals surface area contributed by atoms with Gasteiger partial charge < -0.3 is 10.0 Å². The van der Waals surface area contributed by atoms with Crippen LogP contribution in [0.3, 0.4) is 0 Å². The summed E-state index contributed by atoms with van der Waals surface area (Å²) >= 11 is 0. The molecular weight excluding hydrogens is 190 g/mol. The Morgan fingerprint density at radius 2 is 2.00 bits per heavy atom. The third-order valence-corrected chi connectivity index (χ3v) is 2.88. The second-order valence-corrected chi connectivity index (χ2v) is 3.88. The van der Waals surface area contributed by atoms with Gasteiger partial charge >= 0.3 is 5.97 Å². The molecule has 1 saturated heterocycles. The Morgan fingerprint density at radius 1 is 1.27 bits per heavy atom. The predicted molar refractivity (Wildman–Crippen MR) is 59.1 cm³/mol. The van der Waals surface area contributed by atoms with Crippen molar-refractivity contribution >= 4 is 11.7 Å². The van der Waals surface area contributed by atoms with Gasteiger partial charge in [0, 0.05) is 12.2 Å². The summed E-state index contributed by atoms with van der Waals surface area (Å²) in [7, 11) is 0. The van der Waals surface area contributed by atoms with Crippen molar-refractivity contribution in [1.82, 2.24) is 0 Å². The van der Waals surface area contributed by atoms with Gasteiger partial charge in [-0.2, -0.15) is 0 Å². The van der Waals surface area contributed by atoms with Gasteiger partial charge in [0.1, 0.15) is 6.04 Å². The van der Waals surface area contributed by atoms with E-state index in [0.717, 1.165) is 31.5 Å². The molecule has 15 heavy (non-hydrogen) atoms. The first kappa shape index (κ1) is 10.0. The van der Waals surface area contributed by atoms with E-state index < -0.39 is 5.97 Å². The molecule has 3 heteroatoms. The number of nitrogens with zero attached hydrogens (tertiary/aromatic N) is 1. The lowest BCUT2D eigenvalue weighted by Crippen LogP contribution is -2.44. The minimum Gasteiger partial charge on any atom is -0.480 e. The van der Waals surface area contributed by atoms with Crippen LogP contribution in [0.5, 0.6) is 0 Å². The average Bonchev–Trinajstić information content (AvgIpc) is 2.30. The van der Waals surface area contributed by atoms with Gasteiger partial charge in [0.15, 0.2) is 0 Å². The molecule has 1 unspecified atom stereocenters. The summed E-state index contributed by atoms with van der Waals surface area (Å²) in [5, 5.41) is 9.13. The van der Waals surface area contributed by atoms with Crippen molar-refractivity contribution < 1.29 is 9.90 Å². The highest BCUT2D eigenvalue weighted by Crippen LogP contribution is 2.24. The first-order valence-electron chi connectivity index (χ1n) is 5.33. The fourth-order valence-corrected chi connectivity index (χ4v) is 2.12. The smallest absolute Gasteiger partial charge is 0.326 e. The van der Waals surface area contributed by atoms with Gasteiger partial charge in [0.05, 0.1) is 0 Å². The monoisotopic (exact) mass is 205 g/mol. The molecule has 1 aliphatic rings. The maximum Gasteiger partial charge on any atom is 0.326 e. The topological polar surface area (TPSA) is 40.5 Å². The van der Waals surface area contributed by atoms with Gasteiger partial charge in [0.2, 0.25) is 0 Å². The van der Waals surface area contributed by atoms with Crippen molar-refractivity contribution in [3.05, 3.63) is 30.3 Å². The summed E-state index contributed by atoms with van der Waals surface area (Å²) < 4.78 is 0. The van der Waals surface area contributed by atoms with Crippen molar-refractivity contribution in [2.24, 2.45) is 0 Å². The van der Waals surface area contributed by atoms with E-state index in [1.807, 2.05) is 35.2 Å². The normalized spacial score (nSPS) is 21.3. The number of hydrogen-bond acceptors (Lipinski definition) is 2. The predicted octanol–water partition coefficient (Wildman–Crippen LogP) is 2.13. The van der Waals surface area contributed by atoms with Gasteiger partial charge in [-0.1, -0.05) is 18.2 Å². The molecule has 1 atom stereocenters. The molecule has 0 radical (unpaired) electrons. The molecule has 0 bridgehead atoms. The Morgan fingerprint density at radius 3 is 2.67 bits per heavy atom. The van der Waals surface area contributed by atoms with Gasteiger partial charge in [-0.25, -0.2) is 4.79 Å². The first-order chi connectivity index (χ1) is 7.29. The number of piperidine rings is 1. The molecule has 3 nitrogen and oxygen atoms in total. The van der Waals surface area contributed by atoms with E-state index in [0.29, 0.717) is 0 Å². The van der Waals surface area contributed by atoms with E-state index in [4.69, 9.17) is 5.11 Å². The first-order valence-corrected chi connectivity index (χ1v) is 5.33.